The molecule has 2 saturated heterocycles. The Balaban J connectivity index is 1.40. The van der Waals surface area contributed by atoms with Crippen LogP contribution in [-0.4, -0.2) is 74.5 Å². The maximum absolute atomic E-state index is 9.60. The minimum absolute atomic E-state index is 0.0617. The fourth-order valence-electron chi connectivity index (χ4n) is 3.54. The van der Waals surface area contributed by atoms with E-state index in [4.69, 9.17) is 0 Å². The zero-order valence-corrected chi connectivity index (χ0v) is 13.0. The fraction of sp³-hybridized carbons (Fsp3) is 0.867. The molecule has 2 aliphatic heterocycles. The molecular weight excluding hydrogens is 266 g/mol. The van der Waals surface area contributed by atoms with Gasteiger partial charge in [-0.3, -0.25) is 0 Å². The lowest BCUT2D eigenvalue weighted by atomic mass is 9.99. The van der Waals surface area contributed by atoms with Crippen molar-refractivity contribution in [2.75, 3.05) is 32.7 Å². The minimum atomic E-state index is -0.0617. The molecule has 0 radical (unpaired) electrons. The molecule has 0 amide bonds. The number of aromatic nitrogens is 3. The molecule has 0 spiro atoms. The first-order chi connectivity index (χ1) is 10.2. The van der Waals surface area contributed by atoms with Gasteiger partial charge in [-0.2, -0.15) is 0 Å². The summed E-state index contributed by atoms with van der Waals surface area (Å²) in [7, 11) is 0. The highest BCUT2D eigenvalue weighted by Gasteiger charge is 2.27. The van der Waals surface area contributed by atoms with Crippen molar-refractivity contribution in [3.63, 3.8) is 0 Å². The van der Waals surface area contributed by atoms with Crippen LogP contribution in [-0.2, 0) is 6.54 Å². The van der Waals surface area contributed by atoms with Crippen LogP contribution in [0, 0.1) is 6.92 Å². The van der Waals surface area contributed by atoms with Crippen molar-refractivity contribution < 1.29 is 5.11 Å². The van der Waals surface area contributed by atoms with Gasteiger partial charge >= 0.3 is 0 Å². The third-order valence-corrected chi connectivity index (χ3v) is 5.04. The van der Waals surface area contributed by atoms with Gasteiger partial charge in [0.15, 0.2) is 0 Å². The Kier molecular flexibility index (Phi) is 4.87. The molecule has 6 heteroatoms. The molecule has 1 aromatic heterocycles. The summed E-state index contributed by atoms with van der Waals surface area (Å²) in [6.07, 6.45) is 6.18. The van der Waals surface area contributed by atoms with E-state index in [9.17, 15) is 5.11 Å². The van der Waals surface area contributed by atoms with Crippen molar-refractivity contribution in [2.45, 2.75) is 51.3 Å². The predicted molar refractivity (Wildman–Crippen MR) is 81.0 cm³/mol. The van der Waals surface area contributed by atoms with Gasteiger partial charge in [0.1, 0.15) is 12.2 Å². The van der Waals surface area contributed by atoms with E-state index in [0.717, 1.165) is 50.9 Å². The monoisotopic (exact) mass is 293 g/mol. The van der Waals surface area contributed by atoms with Gasteiger partial charge in [-0.15, -0.1) is 10.2 Å². The molecule has 0 bridgehead atoms. The van der Waals surface area contributed by atoms with Gasteiger partial charge in [-0.1, -0.05) is 0 Å². The average Bonchev–Trinajstić information content (AvgIpc) is 2.92. The maximum atomic E-state index is 9.60. The Morgan fingerprint density at radius 1 is 1.10 bits per heavy atom. The van der Waals surface area contributed by atoms with Gasteiger partial charge < -0.3 is 19.5 Å². The first kappa shape index (κ1) is 14.9. The molecule has 1 N–H and O–H groups in total. The van der Waals surface area contributed by atoms with Crippen molar-refractivity contribution in [1.29, 1.82) is 0 Å². The van der Waals surface area contributed by atoms with Crippen LogP contribution in [0.2, 0.25) is 0 Å². The van der Waals surface area contributed by atoms with E-state index in [1.807, 2.05) is 13.3 Å². The summed E-state index contributed by atoms with van der Waals surface area (Å²) in [4.78, 5) is 5.14. The van der Waals surface area contributed by atoms with Gasteiger partial charge in [-0.25, -0.2) is 0 Å². The average molecular weight is 293 g/mol. The van der Waals surface area contributed by atoms with E-state index >= 15 is 0 Å². The van der Waals surface area contributed by atoms with Crippen LogP contribution in [0.1, 0.15) is 31.5 Å². The largest absolute Gasteiger partial charge is 0.393 e. The van der Waals surface area contributed by atoms with Crippen LogP contribution in [0.5, 0.6) is 0 Å². The van der Waals surface area contributed by atoms with Gasteiger partial charge in [0.05, 0.1) is 6.10 Å². The molecule has 0 aliphatic carbocycles. The molecule has 0 unspecified atom stereocenters. The van der Waals surface area contributed by atoms with Gasteiger partial charge in [-0.05, 0) is 45.7 Å². The molecule has 3 rings (SSSR count). The second-order valence-electron chi connectivity index (χ2n) is 6.41. The quantitative estimate of drug-likeness (QED) is 0.876. The molecule has 2 aliphatic rings. The van der Waals surface area contributed by atoms with E-state index in [-0.39, 0.29) is 6.10 Å². The summed E-state index contributed by atoms with van der Waals surface area (Å²) < 4.78 is 2.12. The number of rotatable bonds is 4. The van der Waals surface area contributed by atoms with Crippen molar-refractivity contribution in [1.82, 2.24) is 24.6 Å². The first-order valence-electron chi connectivity index (χ1n) is 8.21. The smallest absolute Gasteiger partial charge is 0.129 e. The zero-order chi connectivity index (χ0) is 14.7. The van der Waals surface area contributed by atoms with Crippen LogP contribution in [0.4, 0.5) is 0 Å². The van der Waals surface area contributed by atoms with Crippen molar-refractivity contribution in [3.05, 3.63) is 12.2 Å². The van der Waals surface area contributed by atoms with Crippen LogP contribution in [0.3, 0.4) is 0 Å². The second kappa shape index (κ2) is 6.85. The lowest BCUT2D eigenvalue weighted by Gasteiger charge is -2.41. The topological polar surface area (TPSA) is 57.4 Å². The highest BCUT2D eigenvalue weighted by molar-refractivity contribution is 4.84. The Labute approximate surface area is 126 Å². The van der Waals surface area contributed by atoms with Crippen LogP contribution < -0.4 is 0 Å². The molecule has 3 heterocycles. The molecular formula is C15H27N5O. The van der Waals surface area contributed by atoms with E-state index in [1.165, 1.54) is 25.9 Å². The summed E-state index contributed by atoms with van der Waals surface area (Å²) in [5, 5.41) is 17.6. The lowest BCUT2D eigenvalue weighted by Crippen LogP contribution is -2.48. The maximum Gasteiger partial charge on any atom is 0.129 e. The van der Waals surface area contributed by atoms with E-state index < -0.39 is 0 Å². The highest BCUT2D eigenvalue weighted by Crippen LogP contribution is 2.21. The molecule has 1 aromatic rings. The summed E-state index contributed by atoms with van der Waals surface area (Å²) >= 11 is 0. The van der Waals surface area contributed by atoms with E-state index in [0.29, 0.717) is 0 Å². The molecule has 118 valence electrons. The Morgan fingerprint density at radius 3 is 2.43 bits per heavy atom. The van der Waals surface area contributed by atoms with Crippen LogP contribution >= 0.6 is 0 Å². The number of aliphatic hydroxyl groups excluding tert-OH is 1. The fourth-order valence-corrected chi connectivity index (χ4v) is 3.54. The molecule has 6 nitrogen and oxygen atoms in total. The molecule has 0 atom stereocenters. The predicted octanol–water partition coefficient (Wildman–Crippen LogP) is 0.508. The Morgan fingerprint density at radius 2 is 1.81 bits per heavy atom. The Bertz CT molecular complexity index is 433. The van der Waals surface area contributed by atoms with Crippen molar-refractivity contribution >= 4 is 0 Å². The number of hydrogen-bond acceptors (Lipinski definition) is 5. The van der Waals surface area contributed by atoms with Crippen LogP contribution in [0.25, 0.3) is 0 Å². The number of likely N-dealkylation sites (tertiary alicyclic amines) is 2. The van der Waals surface area contributed by atoms with Crippen molar-refractivity contribution in [2.24, 2.45) is 0 Å². The highest BCUT2D eigenvalue weighted by atomic mass is 16.3. The third kappa shape index (κ3) is 3.81. The normalized spacial score (nSPS) is 23.7. The molecule has 0 aromatic carbocycles. The van der Waals surface area contributed by atoms with Gasteiger partial charge in [0, 0.05) is 32.2 Å². The number of aryl methyl sites for hydroxylation is 1. The van der Waals surface area contributed by atoms with E-state index in [2.05, 4.69) is 24.6 Å². The summed E-state index contributed by atoms with van der Waals surface area (Å²) in [6.45, 7) is 8.60. The van der Waals surface area contributed by atoms with Gasteiger partial charge in [0.25, 0.3) is 0 Å². The molecule has 0 saturated carbocycles. The SMILES string of the molecule is Cc1nncn1CCN1CCC(N2CCC(O)CC2)CC1. The molecule has 21 heavy (non-hydrogen) atoms. The lowest BCUT2D eigenvalue weighted by molar-refractivity contribution is 0.0382. The second-order valence-corrected chi connectivity index (χ2v) is 6.41. The Hall–Kier alpha value is -0.980. The van der Waals surface area contributed by atoms with Crippen molar-refractivity contribution in [3.8, 4) is 0 Å². The standard InChI is InChI=1S/C15H27N5O/c1-13-17-16-12-20(13)11-10-18-6-2-14(3-7-18)19-8-4-15(21)5-9-19/h12,14-15,21H,2-11H2,1H3. The minimum Gasteiger partial charge on any atom is -0.393 e. The number of piperidine rings is 2. The summed E-state index contributed by atoms with van der Waals surface area (Å²) in [5.41, 5.74) is 0. The number of nitrogens with zero attached hydrogens (tertiary/aromatic N) is 5. The zero-order valence-electron chi connectivity index (χ0n) is 13.0. The van der Waals surface area contributed by atoms with Crippen LogP contribution in [0.15, 0.2) is 6.33 Å². The third-order valence-electron chi connectivity index (χ3n) is 5.04. The van der Waals surface area contributed by atoms with E-state index in [1.54, 1.807) is 0 Å². The van der Waals surface area contributed by atoms with Gasteiger partial charge in [0.2, 0.25) is 0 Å². The first-order valence-corrected chi connectivity index (χ1v) is 8.21. The number of hydrogen-bond donors (Lipinski definition) is 1. The summed E-state index contributed by atoms with van der Waals surface area (Å²) in [6, 6.07) is 0.727. The number of aliphatic hydroxyl groups is 1. The summed E-state index contributed by atoms with van der Waals surface area (Å²) in [5.74, 6) is 0.997. The molecule has 2 fully saturated rings.